The van der Waals surface area contributed by atoms with E-state index in [1.165, 1.54) is 0 Å². The molecule has 1 aromatic heterocycles. The van der Waals surface area contributed by atoms with Gasteiger partial charge in [-0.05, 0) is 13.8 Å². The fraction of sp³-hybridized carbons (Fsp3) is 0.333. The van der Waals surface area contributed by atoms with Crippen LogP contribution in [0.3, 0.4) is 0 Å². The molecule has 0 radical (unpaired) electrons. The number of aryl methyl sites for hydroxylation is 1. The van der Waals surface area contributed by atoms with E-state index >= 15 is 0 Å². The van der Waals surface area contributed by atoms with Gasteiger partial charge in [-0.3, -0.25) is 5.10 Å². The van der Waals surface area contributed by atoms with Gasteiger partial charge >= 0.3 is 0 Å². The molecule has 0 bridgehead atoms. The summed E-state index contributed by atoms with van der Waals surface area (Å²) in [4.78, 5) is 10.0. The second kappa shape index (κ2) is 3.21. The number of rotatable bonds is 2. The van der Waals surface area contributed by atoms with Crippen molar-refractivity contribution in [1.82, 2.24) is 10.2 Å². The highest BCUT2D eigenvalue weighted by Crippen LogP contribution is 2.07. The van der Waals surface area contributed by atoms with Crippen molar-refractivity contribution in [3.05, 3.63) is 27.1 Å². The molecule has 0 aliphatic rings. The summed E-state index contributed by atoms with van der Waals surface area (Å²) < 4.78 is 0. The predicted molar refractivity (Wildman–Crippen MR) is 45.8 cm³/mol. The average Bonchev–Trinajstić information content (AvgIpc) is 2.31. The lowest BCUT2D eigenvalue weighted by molar-refractivity contribution is -0.485. The second-order valence-electron chi connectivity index (χ2n) is 2.55. The van der Waals surface area contributed by atoms with Gasteiger partial charge in [0.15, 0.2) is 5.03 Å². The van der Waals surface area contributed by atoms with E-state index in [0.717, 1.165) is 11.3 Å². The van der Waals surface area contributed by atoms with Gasteiger partial charge in [0.2, 0.25) is 5.84 Å². The van der Waals surface area contributed by atoms with Gasteiger partial charge in [0.25, 0.3) is 0 Å². The summed E-state index contributed by atoms with van der Waals surface area (Å²) >= 11 is 0. The van der Waals surface area contributed by atoms with Crippen LogP contribution in [0.15, 0.2) is 5.10 Å². The van der Waals surface area contributed by atoms with E-state index in [-0.39, 0.29) is 5.84 Å². The van der Waals surface area contributed by atoms with E-state index in [1.54, 1.807) is 13.8 Å². The van der Waals surface area contributed by atoms with Crippen LogP contribution in [-0.4, -0.2) is 21.1 Å². The van der Waals surface area contributed by atoms with Crippen molar-refractivity contribution >= 4 is 5.84 Å². The molecule has 0 amide bonds. The molecule has 70 valence electrons. The minimum atomic E-state index is -0.848. The number of amidine groups is 1. The summed E-state index contributed by atoms with van der Waals surface area (Å²) in [5.74, 6) is -0.188. The number of nitrogens with two attached hydrogens (primary N) is 1. The number of hydrogen-bond donors (Lipinski definition) is 2. The number of H-pyrrole nitrogens is 1. The summed E-state index contributed by atoms with van der Waals surface area (Å²) in [6.45, 7) is 3.56. The Kier molecular flexibility index (Phi) is 2.27. The van der Waals surface area contributed by atoms with Crippen LogP contribution in [-0.2, 0) is 0 Å². The van der Waals surface area contributed by atoms with E-state index in [9.17, 15) is 10.1 Å². The zero-order valence-corrected chi connectivity index (χ0v) is 7.24. The summed E-state index contributed by atoms with van der Waals surface area (Å²) in [5, 5.41) is 18.5. The normalized spacial score (nSPS) is 11.7. The van der Waals surface area contributed by atoms with E-state index in [2.05, 4.69) is 15.3 Å². The molecule has 1 heterocycles. The van der Waals surface area contributed by atoms with Gasteiger partial charge in [0.1, 0.15) is 5.69 Å². The average molecular weight is 183 g/mol. The number of aromatic nitrogens is 2. The zero-order chi connectivity index (χ0) is 10.0. The molecule has 0 fully saturated rings. The number of nitrogens with one attached hydrogen (secondary N) is 1. The molecule has 0 aromatic carbocycles. The zero-order valence-electron chi connectivity index (χ0n) is 7.24. The third-order valence-corrected chi connectivity index (χ3v) is 1.69. The molecular weight excluding hydrogens is 174 g/mol. The van der Waals surface area contributed by atoms with Gasteiger partial charge in [-0.1, -0.05) is 0 Å². The Bertz CT molecular complexity index is 367. The monoisotopic (exact) mass is 183 g/mol. The maximum Gasteiger partial charge on any atom is 0.225 e. The van der Waals surface area contributed by atoms with Crippen molar-refractivity contribution in [2.45, 2.75) is 13.8 Å². The quantitative estimate of drug-likeness (QED) is 0.289. The fourth-order valence-electron chi connectivity index (χ4n) is 0.870. The molecule has 0 saturated heterocycles. The highest BCUT2D eigenvalue weighted by atomic mass is 16.7. The van der Waals surface area contributed by atoms with Crippen LogP contribution < -0.4 is 5.73 Å². The van der Waals surface area contributed by atoms with Gasteiger partial charge in [-0.25, -0.2) is 10.1 Å². The van der Waals surface area contributed by atoms with Crippen molar-refractivity contribution in [2.75, 3.05) is 0 Å². The van der Waals surface area contributed by atoms with Crippen LogP contribution in [0.25, 0.3) is 0 Å². The summed E-state index contributed by atoms with van der Waals surface area (Å²) in [5.41, 5.74) is 7.25. The Morgan fingerprint density at radius 3 is 2.69 bits per heavy atom. The van der Waals surface area contributed by atoms with Crippen LogP contribution in [0.1, 0.15) is 17.0 Å². The molecule has 3 N–H and O–H groups in total. The number of aromatic amines is 1. The molecule has 0 aliphatic heterocycles. The van der Waals surface area contributed by atoms with E-state index < -0.39 is 5.03 Å². The van der Waals surface area contributed by atoms with Crippen LogP contribution in [0.4, 0.5) is 0 Å². The van der Waals surface area contributed by atoms with Crippen molar-refractivity contribution in [3.63, 3.8) is 0 Å². The number of hydrogen-bond acceptors (Lipinski definition) is 3. The second-order valence-corrected chi connectivity index (χ2v) is 2.55. The molecule has 7 heteroatoms. The Balaban J connectivity index is 3.09. The van der Waals surface area contributed by atoms with Crippen LogP contribution in [0, 0.1) is 24.0 Å². The van der Waals surface area contributed by atoms with Crippen molar-refractivity contribution in [1.29, 1.82) is 0 Å². The van der Waals surface area contributed by atoms with Gasteiger partial charge in [-0.15, -0.1) is 0 Å². The lowest BCUT2D eigenvalue weighted by Crippen LogP contribution is -2.17. The van der Waals surface area contributed by atoms with Crippen molar-refractivity contribution in [2.24, 2.45) is 10.8 Å². The highest BCUT2D eigenvalue weighted by molar-refractivity contribution is 5.96. The van der Waals surface area contributed by atoms with E-state index in [4.69, 9.17) is 5.73 Å². The lowest BCUT2D eigenvalue weighted by Gasteiger charge is -1.91. The molecule has 1 rings (SSSR count). The third-order valence-electron chi connectivity index (χ3n) is 1.69. The van der Waals surface area contributed by atoms with Crippen molar-refractivity contribution in [3.8, 4) is 0 Å². The Morgan fingerprint density at radius 2 is 2.31 bits per heavy atom. The first kappa shape index (κ1) is 9.17. The number of nitro groups is 1. The third kappa shape index (κ3) is 1.81. The molecule has 0 aliphatic carbocycles. The van der Waals surface area contributed by atoms with E-state index in [0.29, 0.717) is 5.69 Å². The molecular formula is C6H9N5O2. The van der Waals surface area contributed by atoms with Gasteiger partial charge in [0.05, 0.1) is 5.10 Å². The first-order valence-corrected chi connectivity index (χ1v) is 3.52. The number of hydrazone groups is 1. The SMILES string of the molecule is Cc1[nH]nc(C(N)=N[N+](=O)[O-])c1C. The number of nitrogens with zero attached hydrogens (tertiary/aromatic N) is 3. The van der Waals surface area contributed by atoms with Crippen molar-refractivity contribution < 1.29 is 5.03 Å². The van der Waals surface area contributed by atoms with E-state index in [1.807, 2.05) is 0 Å². The molecule has 7 nitrogen and oxygen atoms in total. The van der Waals surface area contributed by atoms with Crippen LogP contribution in [0.2, 0.25) is 0 Å². The summed E-state index contributed by atoms with van der Waals surface area (Å²) in [6.07, 6.45) is 0. The maximum absolute atomic E-state index is 10.0. The Hall–Kier alpha value is -1.92. The van der Waals surface area contributed by atoms with Gasteiger partial charge in [0, 0.05) is 11.3 Å². The van der Waals surface area contributed by atoms with Gasteiger partial charge < -0.3 is 5.73 Å². The fourth-order valence-corrected chi connectivity index (χ4v) is 0.870. The molecule has 0 unspecified atom stereocenters. The summed E-state index contributed by atoms with van der Waals surface area (Å²) in [7, 11) is 0. The smallest absolute Gasteiger partial charge is 0.225 e. The van der Waals surface area contributed by atoms with Gasteiger partial charge in [-0.2, -0.15) is 5.10 Å². The maximum atomic E-state index is 10.0. The highest BCUT2D eigenvalue weighted by Gasteiger charge is 2.12. The minimum Gasteiger partial charge on any atom is -0.377 e. The Morgan fingerprint density at radius 1 is 1.69 bits per heavy atom. The first-order valence-electron chi connectivity index (χ1n) is 3.52. The molecule has 13 heavy (non-hydrogen) atoms. The molecule has 0 saturated carbocycles. The first-order chi connectivity index (χ1) is 6.02. The molecule has 0 atom stereocenters. The summed E-state index contributed by atoms with van der Waals surface area (Å²) in [6, 6.07) is 0. The molecule has 1 aromatic rings. The molecule has 0 spiro atoms. The Labute approximate surface area is 73.8 Å². The van der Waals surface area contributed by atoms with Crippen LogP contribution in [0.5, 0.6) is 0 Å². The standard InChI is InChI=1S/C6H9N5O2/c1-3-4(2)8-9-5(3)6(7)10-11(12)13/h1-2H3,(H2,7,10)(H,8,9). The predicted octanol–water partition coefficient (Wildman–Crippen LogP) is -0.0765. The topological polar surface area (TPSA) is 110 Å². The van der Waals surface area contributed by atoms with Crippen LogP contribution >= 0.6 is 0 Å². The minimum absolute atomic E-state index is 0.188. The largest absolute Gasteiger partial charge is 0.377 e. The lowest BCUT2D eigenvalue weighted by atomic mass is 10.2.